The average Bonchev–Trinajstić information content (AvgIpc) is 3.11. The van der Waals surface area contributed by atoms with Gasteiger partial charge in [-0.15, -0.1) is 0 Å². The van der Waals surface area contributed by atoms with Crippen molar-refractivity contribution in [2.45, 2.75) is 44.8 Å². The monoisotopic (exact) mass is 399 g/mol. The molecule has 3 N–H and O–H groups in total. The number of fused-ring (bicyclic) bond motifs is 1. The minimum atomic E-state index is -1.07. The van der Waals surface area contributed by atoms with Crippen molar-refractivity contribution in [2.24, 2.45) is 0 Å². The Hall–Kier alpha value is -2.75. The number of hydrogen-bond donors (Lipinski definition) is 2. The number of aryl methyl sites for hydroxylation is 1. The van der Waals surface area contributed by atoms with Crippen LogP contribution in [0, 0.1) is 0 Å². The number of nitrogen functional groups attached to an aromatic ring is 1. The molecule has 154 valence electrons. The van der Waals surface area contributed by atoms with Crippen LogP contribution in [0.25, 0.3) is 11.2 Å². The van der Waals surface area contributed by atoms with E-state index in [0.717, 1.165) is 5.56 Å². The molecule has 0 aliphatic carbocycles. The topological polar surface area (TPSA) is 118 Å². The number of anilines is 1. The second kappa shape index (κ2) is 7.58. The summed E-state index contributed by atoms with van der Waals surface area (Å²) >= 11 is 0. The lowest BCUT2D eigenvalue weighted by molar-refractivity contribution is -0.302. The van der Waals surface area contributed by atoms with E-state index in [1.54, 1.807) is 6.33 Å². The first-order valence-corrected chi connectivity index (χ1v) is 9.49. The lowest BCUT2D eigenvalue weighted by atomic mass is 10.0. The maximum absolute atomic E-state index is 10.7. The lowest BCUT2D eigenvalue weighted by Crippen LogP contribution is -2.51. The number of aromatic nitrogens is 4. The first-order valence-electron chi connectivity index (χ1n) is 9.49. The Bertz CT molecular complexity index is 979. The van der Waals surface area contributed by atoms with E-state index in [1.165, 1.54) is 0 Å². The van der Waals surface area contributed by atoms with Gasteiger partial charge in [0, 0.05) is 6.54 Å². The highest BCUT2D eigenvalue weighted by Crippen LogP contribution is 2.28. The molecule has 29 heavy (non-hydrogen) atoms. The van der Waals surface area contributed by atoms with Crippen LogP contribution in [0.3, 0.4) is 0 Å². The molecule has 1 fully saturated rings. The van der Waals surface area contributed by atoms with Crippen LogP contribution in [0.4, 0.5) is 5.95 Å². The number of nitrogens with zero attached hydrogens (tertiary/aromatic N) is 4. The molecule has 0 unspecified atom stereocenters. The van der Waals surface area contributed by atoms with Gasteiger partial charge < -0.3 is 29.6 Å². The van der Waals surface area contributed by atoms with Crippen molar-refractivity contribution in [3.05, 3.63) is 42.2 Å². The number of nitrogens with two attached hydrogens (primary N) is 1. The summed E-state index contributed by atoms with van der Waals surface area (Å²) in [7, 11) is 0. The minimum Gasteiger partial charge on any atom is -0.471 e. The molecule has 0 spiro atoms. The number of rotatable bonds is 6. The van der Waals surface area contributed by atoms with Crippen molar-refractivity contribution in [3.8, 4) is 5.88 Å². The summed E-state index contributed by atoms with van der Waals surface area (Å²) in [5.74, 6) is -0.243. The number of imidazole rings is 1. The molecule has 0 bridgehead atoms. The van der Waals surface area contributed by atoms with Gasteiger partial charge in [0.15, 0.2) is 17.0 Å². The lowest BCUT2D eigenvalue weighted by Gasteiger charge is -2.40. The minimum absolute atomic E-state index is 0.104. The molecule has 9 heteroatoms. The largest absolute Gasteiger partial charge is 0.471 e. The van der Waals surface area contributed by atoms with Gasteiger partial charge in [-0.25, -0.2) is 4.98 Å². The van der Waals surface area contributed by atoms with Crippen LogP contribution in [-0.4, -0.2) is 49.2 Å². The van der Waals surface area contributed by atoms with E-state index >= 15 is 0 Å². The third-order valence-corrected chi connectivity index (χ3v) is 4.86. The Morgan fingerprint density at radius 2 is 1.90 bits per heavy atom. The zero-order valence-electron chi connectivity index (χ0n) is 16.5. The Morgan fingerprint density at radius 1 is 1.17 bits per heavy atom. The quantitative estimate of drug-likeness (QED) is 0.645. The molecular weight excluding hydrogens is 374 g/mol. The van der Waals surface area contributed by atoms with Gasteiger partial charge in [-0.05, 0) is 25.8 Å². The standard InChI is InChI=1S/C20H25N5O4/c1-19(2)28-11-20(26,12-29-19)8-9-25-13-22-15-16(25)23-18(21)24-17(15)27-10-14-6-4-3-5-7-14/h3-7,13,26H,8-12H2,1-2H3,(H2,21,23,24). The summed E-state index contributed by atoms with van der Waals surface area (Å²) in [5, 5.41) is 10.7. The van der Waals surface area contributed by atoms with Crippen molar-refractivity contribution < 1.29 is 19.3 Å². The van der Waals surface area contributed by atoms with Crippen LogP contribution in [0.2, 0.25) is 0 Å². The van der Waals surface area contributed by atoms with Crippen LogP contribution in [-0.2, 0) is 22.6 Å². The number of ether oxygens (including phenoxy) is 3. The van der Waals surface area contributed by atoms with Crippen LogP contribution >= 0.6 is 0 Å². The molecule has 0 radical (unpaired) electrons. The second-order valence-electron chi connectivity index (χ2n) is 7.72. The Labute approximate surface area is 168 Å². The summed E-state index contributed by atoms with van der Waals surface area (Å²) < 4.78 is 18.8. The third-order valence-electron chi connectivity index (χ3n) is 4.86. The average molecular weight is 399 g/mol. The molecule has 1 aliphatic heterocycles. The summed E-state index contributed by atoms with van der Waals surface area (Å²) in [5.41, 5.74) is 6.91. The van der Waals surface area contributed by atoms with E-state index in [2.05, 4.69) is 15.0 Å². The van der Waals surface area contributed by atoms with Gasteiger partial charge in [0.1, 0.15) is 12.2 Å². The van der Waals surface area contributed by atoms with Gasteiger partial charge in [0.2, 0.25) is 11.8 Å². The van der Waals surface area contributed by atoms with Gasteiger partial charge in [0.25, 0.3) is 0 Å². The van der Waals surface area contributed by atoms with E-state index < -0.39 is 11.4 Å². The summed E-state index contributed by atoms with van der Waals surface area (Å²) in [6.45, 7) is 4.88. The van der Waals surface area contributed by atoms with E-state index in [4.69, 9.17) is 19.9 Å². The second-order valence-corrected chi connectivity index (χ2v) is 7.72. The number of aliphatic hydroxyl groups is 1. The predicted octanol–water partition coefficient (Wildman–Crippen LogP) is 1.89. The predicted molar refractivity (Wildman–Crippen MR) is 106 cm³/mol. The zero-order chi connectivity index (χ0) is 20.5. The van der Waals surface area contributed by atoms with Crippen LogP contribution in [0.15, 0.2) is 36.7 Å². The fourth-order valence-electron chi connectivity index (χ4n) is 3.10. The normalized spacial score (nSPS) is 18.0. The highest BCUT2D eigenvalue weighted by atomic mass is 16.7. The maximum Gasteiger partial charge on any atom is 0.247 e. The molecule has 0 amide bonds. The van der Waals surface area contributed by atoms with Crippen molar-refractivity contribution in [1.82, 2.24) is 19.5 Å². The molecule has 0 saturated carbocycles. The summed E-state index contributed by atoms with van der Waals surface area (Å²) in [4.78, 5) is 12.9. The summed E-state index contributed by atoms with van der Waals surface area (Å²) in [6.07, 6.45) is 2.06. The molecule has 0 atom stereocenters. The van der Waals surface area contributed by atoms with E-state index in [-0.39, 0.29) is 19.2 Å². The molecule has 4 rings (SSSR count). The molecule has 3 aromatic rings. The Morgan fingerprint density at radius 3 is 2.62 bits per heavy atom. The fraction of sp³-hybridized carbons (Fsp3) is 0.450. The van der Waals surface area contributed by atoms with Gasteiger partial charge in [-0.1, -0.05) is 30.3 Å². The molecule has 1 aliphatic rings. The third kappa shape index (κ3) is 4.47. The smallest absolute Gasteiger partial charge is 0.247 e. The molecule has 2 aromatic heterocycles. The maximum atomic E-state index is 10.7. The van der Waals surface area contributed by atoms with Gasteiger partial charge in [0.05, 0.1) is 19.5 Å². The Balaban J connectivity index is 1.49. The molecular formula is C20H25N5O4. The van der Waals surface area contributed by atoms with Crippen LogP contribution < -0.4 is 10.5 Å². The first kappa shape index (κ1) is 19.6. The van der Waals surface area contributed by atoms with E-state index in [0.29, 0.717) is 36.6 Å². The first-order chi connectivity index (χ1) is 13.8. The van der Waals surface area contributed by atoms with Crippen molar-refractivity contribution >= 4 is 17.1 Å². The van der Waals surface area contributed by atoms with Gasteiger partial charge in [-0.2, -0.15) is 9.97 Å². The highest BCUT2D eigenvalue weighted by molar-refractivity contribution is 5.77. The molecule has 1 aromatic carbocycles. The fourth-order valence-corrected chi connectivity index (χ4v) is 3.10. The SMILES string of the molecule is CC1(C)OCC(O)(CCn2cnc3c(OCc4ccccc4)nc(N)nc32)CO1. The van der Waals surface area contributed by atoms with E-state index in [9.17, 15) is 5.11 Å². The Kier molecular flexibility index (Phi) is 5.12. The van der Waals surface area contributed by atoms with Gasteiger partial charge >= 0.3 is 0 Å². The molecule has 1 saturated heterocycles. The van der Waals surface area contributed by atoms with Crippen molar-refractivity contribution in [3.63, 3.8) is 0 Å². The van der Waals surface area contributed by atoms with Crippen LogP contribution in [0.5, 0.6) is 5.88 Å². The number of benzene rings is 1. The molecule has 3 heterocycles. The van der Waals surface area contributed by atoms with Gasteiger partial charge in [-0.3, -0.25) is 0 Å². The number of hydrogen-bond acceptors (Lipinski definition) is 8. The highest BCUT2D eigenvalue weighted by Gasteiger charge is 2.38. The van der Waals surface area contributed by atoms with E-state index in [1.807, 2.05) is 48.7 Å². The molecule has 9 nitrogen and oxygen atoms in total. The van der Waals surface area contributed by atoms with Crippen molar-refractivity contribution in [1.29, 1.82) is 0 Å². The summed E-state index contributed by atoms with van der Waals surface area (Å²) in [6, 6.07) is 9.78. The van der Waals surface area contributed by atoms with Crippen LogP contribution in [0.1, 0.15) is 25.8 Å². The zero-order valence-corrected chi connectivity index (χ0v) is 16.5. The van der Waals surface area contributed by atoms with Crippen molar-refractivity contribution in [2.75, 3.05) is 18.9 Å².